The Hall–Kier alpha value is -2.57. The number of carbonyl (C=O) groups excluding carboxylic acids is 1. The van der Waals surface area contributed by atoms with Gasteiger partial charge in [0.15, 0.2) is 11.5 Å². The van der Waals surface area contributed by atoms with Gasteiger partial charge in [0.1, 0.15) is 0 Å². The Bertz CT molecular complexity index is 1000. The molecule has 2 heterocycles. The Morgan fingerprint density at radius 2 is 1.65 bits per heavy atom. The first-order valence-electron chi connectivity index (χ1n) is 12.2. The second kappa shape index (κ2) is 9.59. The summed E-state index contributed by atoms with van der Waals surface area (Å²) in [5.41, 5.74) is 3.57. The first kappa shape index (κ1) is 24.6. The lowest BCUT2D eigenvalue weighted by Gasteiger charge is -2.46. The van der Waals surface area contributed by atoms with Crippen molar-refractivity contribution in [3.05, 3.63) is 59.2 Å². The zero-order valence-electron chi connectivity index (χ0n) is 21.4. The van der Waals surface area contributed by atoms with E-state index in [2.05, 4.69) is 79.6 Å². The van der Waals surface area contributed by atoms with E-state index in [4.69, 9.17) is 9.47 Å². The number of amides is 1. The van der Waals surface area contributed by atoms with Gasteiger partial charge in [0.05, 0.1) is 26.8 Å². The SMILES string of the molecule is COc1cc2c(cc1OC)C(c1ccccc1)N(CC(=O)NC1CC(C)(C)NC(C)(C)C1)CC2. The predicted molar refractivity (Wildman–Crippen MR) is 136 cm³/mol. The molecule has 184 valence electrons. The summed E-state index contributed by atoms with van der Waals surface area (Å²) in [6.45, 7) is 10.0. The lowest BCUT2D eigenvalue weighted by atomic mass is 9.79. The molecule has 0 saturated carbocycles. The van der Waals surface area contributed by atoms with Gasteiger partial charge in [-0.2, -0.15) is 0 Å². The van der Waals surface area contributed by atoms with Gasteiger partial charge in [0.2, 0.25) is 5.91 Å². The van der Waals surface area contributed by atoms with Gasteiger partial charge in [-0.3, -0.25) is 9.69 Å². The smallest absolute Gasteiger partial charge is 0.234 e. The van der Waals surface area contributed by atoms with Gasteiger partial charge in [-0.1, -0.05) is 30.3 Å². The molecular weight excluding hydrogens is 426 g/mol. The van der Waals surface area contributed by atoms with Crippen LogP contribution in [-0.4, -0.2) is 55.2 Å². The number of nitrogens with zero attached hydrogens (tertiary/aromatic N) is 1. The number of nitrogens with one attached hydrogen (secondary N) is 2. The highest BCUT2D eigenvalue weighted by Gasteiger charge is 2.39. The Labute approximate surface area is 204 Å². The summed E-state index contributed by atoms with van der Waals surface area (Å²) in [5.74, 6) is 1.55. The van der Waals surface area contributed by atoms with Gasteiger partial charge < -0.3 is 20.1 Å². The van der Waals surface area contributed by atoms with Crippen LogP contribution in [0.5, 0.6) is 11.5 Å². The third-order valence-corrected chi connectivity index (χ3v) is 6.99. The highest BCUT2D eigenvalue weighted by molar-refractivity contribution is 5.78. The number of methoxy groups -OCH3 is 2. The lowest BCUT2D eigenvalue weighted by Crippen LogP contribution is -2.62. The number of piperidine rings is 1. The second-order valence-electron chi connectivity index (χ2n) is 11.0. The summed E-state index contributed by atoms with van der Waals surface area (Å²) in [6, 6.07) is 14.7. The Balaban J connectivity index is 1.58. The predicted octanol–water partition coefficient (Wildman–Crippen LogP) is 4.08. The van der Waals surface area contributed by atoms with E-state index in [0.717, 1.165) is 31.6 Å². The molecule has 6 nitrogen and oxygen atoms in total. The van der Waals surface area contributed by atoms with Crippen LogP contribution in [0.1, 0.15) is 63.3 Å². The van der Waals surface area contributed by atoms with Crippen molar-refractivity contribution in [3.8, 4) is 11.5 Å². The molecule has 1 atom stereocenters. The maximum atomic E-state index is 13.3. The molecule has 1 unspecified atom stereocenters. The highest BCUT2D eigenvalue weighted by Crippen LogP contribution is 2.41. The van der Waals surface area contributed by atoms with Crippen LogP contribution >= 0.6 is 0 Å². The lowest BCUT2D eigenvalue weighted by molar-refractivity contribution is -0.124. The van der Waals surface area contributed by atoms with Crippen LogP contribution in [0.4, 0.5) is 0 Å². The fourth-order valence-corrected chi connectivity index (χ4v) is 6.08. The average Bonchev–Trinajstić information content (AvgIpc) is 2.76. The third-order valence-electron chi connectivity index (χ3n) is 6.99. The van der Waals surface area contributed by atoms with Crippen molar-refractivity contribution in [3.63, 3.8) is 0 Å². The van der Waals surface area contributed by atoms with Gasteiger partial charge >= 0.3 is 0 Å². The summed E-state index contributed by atoms with van der Waals surface area (Å²) < 4.78 is 11.2. The molecule has 1 saturated heterocycles. The molecule has 2 aromatic carbocycles. The molecular formula is C28H39N3O3. The molecule has 2 N–H and O–H groups in total. The average molecular weight is 466 g/mol. The molecule has 2 aromatic rings. The van der Waals surface area contributed by atoms with Crippen molar-refractivity contribution in [2.24, 2.45) is 0 Å². The number of hydrogen-bond acceptors (Lipinski definition) is 5. The largest absolute Gasteiger partial charge is 0.493 e. The van der Waals surface area contributed by atoms with Crippen LogP contribution in [0.2, 0.25) is 0 Å². The molecule has 2 aliphatic heterocycles. The zero-order valence-corrected chi connectivity index (χ0v) is 21.4. The van der Waals surface area contributed by atoms with Gasteiger partial charge in [0.25, 0.3) is 0 Å². The Morgan fingerprint density at radius 3 is 2.26 bits per heavy atom. The first-order valence-corrected chi connectivity index (χ1v) is 12.2. The standard InChI is InChI=1S/C28H39N3O3/c1-27(2)16-21(17-28(3,4)30-27)29-25(32)18-31-13-12-20-14-23(33-5)24(34-6)15-22(20)26(31)19-10-8-7-9-11-19/h7-11,14-15,21,26,30H,12-13,16-18H2,1-6H3,(H,29,32). The minimum Gasteiger partial charge on any atom is -0.493 e. The van der Waals surface area contributed by atoms with Crippen LogP contribution in [0.15, 0.2) is 42.5 Å². The molecule has 0 aliphatic carbocycles. The fraction of sp³-hybridized carbons (Fsp3) is 0.536. The van der Waals surface area contributed by atoms with E-state index in [0.29, 0.717) is 12.3 Å². The van der Waals surface area contributed by atoms with E-state index in [-0.39, 0.29) is 29.1 Å². The second-order valence-corrected chi connectivity index (χ2v) is 11.0. The fourth-order valence-electron chi connectivity index (χ4n) is 6.08. The summed E-state index contributed by atoms with van der Waals surface area (Å²) in [6.07, 6.45) is 2.70. The quantitative estimate of drug-likeness (QED) is 0.673. The van der Waals surface area contributed by atoms with E-state index in [9.17, 15) is 4.79 Å². The molecule has 0 bridgehead atoms. The number of ether oxygens (including phenoxy) is 2. The monoisotopic (exact) mass is 465 g/mol. The van der Waals surface area contributed by atoms with Gasteiger partial charge in [-0.25, -0.2) is 0 Å². The van der Waals surface area contributed by atoms with Crippen LogP contribution < -0.4 is 20.1 Å². The number of carbonyl (C=O) groups is 1. The topological polar surface area (TPSA) is 62.8 Å². The zero-order chi connectivity index (χ0) is 24.5. The molecule has 0 aromatic heterocycles. The number of rotatable bonds is 6. The molecule has 34 heavy (non-hydrogen) atoms. The molecule has 0 radical (unpaired) electrons. The van der Waals surface area contributed by atoms with Crippen molar-refractivity contribution < 1.29 is 14.3 Å². The summed E-state index contributed by atoms with van der Waals surface area (Å²) in [4.78, 5) is 15.6. The minimum absolute atomic E-state index is 0.00799. The number of hydrogen-bond donors (Lipinski definition) is 2. The highest BCUT2D eigenvalue weighted by atomic mass is 16.5. The maximum Gasteiger partial charge on any atom is 0.234 e. The van der Waals surface area contributed by atoms with Gasteiger partial charge in [-0.05, 0) is 75.8 Å². The van der Waals surface area contributed by atoms with Crippen LogP contribution in [0.25, 0.3) is 0 Å². The van der Waals surface area contributed by atoms with E-state index in [1.54, 1.807) is 14.2 Å². The third kappa shape index (κ3) is 5.39. The van der Waals surface area contributed by atoms with Crippen LogP contribution in [-0.2, 0) is 11.2 Å². The minimum atomic E-state index is -0.0172. The molecule has 1 fully saturated rings. The Morgan fingerprint density at radius 1 is 1.03 bits per heavy atom. The van der Waals surface area contributed by atoms with Crippen molar-refractivity contribution in [1.29, 1.82) is 0 Å². The van der Waals surface area contributed by atoms with Crippen LogP contribution in [0.3, 0.4) is 0 Å². The number of benzene rings is 2. The van der Waals surface area contributed by atoms with Crippen molar-refractivity contribution in [2.75, 3.05) is 27.3 Å². The molecule has 4 rings (SSSR count). The molecule has 2 aliphatic rings. The van der Waals surface area contributed by atoms with E-state index in [1.807, 2.05) is 6.07 Å². The summed E-state index contributed by atoms with van der Waals surface area (Å²) in [7, 11) is 3.33. The molecule has 6 heteroatoms. The molecule has 1 amide bonds. The van der Waals surface area contributed by atoms with Gasteiger partial charge in [0, 0.05) is 23.7 Å². The van der Waals surface area contributed by atoms with E-state index < -0.39 is 0 Å². The maximum absolute atomic E-state index is 13.3. The van der Waals surface area contributed by atoms with Crippen LogP contribution in [0, 0.1) is 0 Å². The van der Waals surface area contributed by atoms with Crippen molar-refractivity contribution >= 4 is 5.91 Å². The van der Waals surface area contributed by atoms with E-state index >= 15 is 0 Å². The van der Waals surface area contributed by atoms with Crippen molar-refractivity contribution in [1.82, 2.24) is 15.5 Å². The summed E-state index contributed by atoms with van der Waals surface area (Å²) in [5, 5.41) is 7.04. The van der Waals surface area contributed by atoms with Gasteiger partial charge in [-0.15, -0.1) is 0 Å². The first-order chi connectivity index (χ1) is 16.1. The normalized spacial score (nSPS) is 22.0. The van der Waals surface area contributed by atoms with Crippen molar-refractivity contribution in [2.45, 2.75) is 70.1 Å². The van der Waals surface area contributed by atoms with E-state index in [1.165, 1.54) is 16.7 Å². The number of fused-ring (bicyclic) bond motifs is 1. The molecule has 0 spiro atoms. The summed E-state index contributed by atoms with van der Waals surface area (Å²) >= 11 is 0. The Kier molecular flexibility index (Phi) is 6.92.